The van der Waals surface area contributed by atoms with Crippen molar-refractivity contribution in [1.29, 1.82) is 0 Å². The van der Waals surface area contributed by atoms with Gasteiger partial charge in [-0.15, -0.1) is 11.6 Å². The van der Waals surface area contributed by atoms with Crippen molar-refractivity contribution in [3.8, 4) is 0 Å². The van der Waals surface area contributed by atoms with Crippen molar-refractivity contribution < 1.29 is 9.90 Å². The maximum atomic E-state index is 10.4. The topological polar surface area (TPSA) is 37.3 Å². The number of benzene rings is 1. The number of alkyl halides is 1. The van der Waals surface area contributed by atoms with Crippen LogP contribution in [0.2, 0.25) is 0 Å². The van der Waals surface area contributed by atoms with Gasteiger partial charge in [0.15, 0.2) is 0 Å². The van der Waals surface area contributed by atoms with Crippen LogP contribution in [0, 0.1) is 6.92 Å². The minimum Gasteiger partial charge on any atom is -0.480 e. The predicted molar refractivity (Wildman–Crippen MR) is 56.8 cm³/mol. The molecule has 14 heavy (non-hydrogen) atoms. The Morgan fingerprint density at radius 2 is 2.00 bits per heavy atom. The second-order valence-electron chi connectivity index (χ2n) is 3.33. The number of hydrogen-bond donors (Lipinski definition) is 1. The number of aryl methyl sites for hydroxylation is 2. The Balaban J connectivity index is 2.46. The van der Waals surface area contributed by atoms with E-state index < -0.39 is 11.3 Å². The Morgan fingerprint density at radius 1 is 1.43 bits per heavy atom. The van der Waals surface area contributed by atoms with Gasteiger partial charge < -0.3 is 5.11 Å². The van der Waals surface area contributed by atoms with Gasteiger partial charge in [0.2, 0.25) is 0 Å². The molecule has 0 radical (unpaired) electrons. The molecule has 0 saturated heterocycles. The SMILES string of the molecule is Cc1ccc(CCC(Cl)C(=O)O)cc1. The first-order chi connectivity index (χ1) is 6.59. The fourth-order valence-electron chi connectivity index (χ4n) is 1.17. The Hall–Kier alpha value is -1.02. The highest BCUT2D eigenvalue weighted by Gasteiger charge is 2.12. The molecule has 1 N–H and O–H groups in total. The molecule has 0 aliphatic heterocycles. The van der Waals surface area contributed by atoms with Gasteiger partial charge >= 0.3 is 5.97 Å². The van der Waals surface area contributed by atoms with Crippen molar-refractivity contribution in [1.82, 2.24) is 0 Å². The fourth-order valence-corrected chi connectivity index (χ4v) is 1.28. The lowest BCUT2D eigenvalue weighted by Gasteiger charge is -2.04. The van der Waals surface area contributed by atoms with E-state index in [9.17, 15) is 4.79 Å². The van der Waals surface area contributed by atoms with Crippen molar-refractivity contribution in [3.05, 3.63) is 35.4 Å². The fraction of sp³-hybridized carbons (Fsp3) is 0.364. The summed E-state index contributed by atoms with van der Waals surface area (Å²) >= 11 is 5.60. The zero-order chi connectivity index (χ0) is 10.6. The number of halogens is 1. The minimum absolute atomic E-state index is 0.472. The van der Waals surface area contributed by atoms with E-state index in [2.05, 4.69) is 0 Å². The van der Waals surface area contributed by atoms with Crippen LogP contribution in [0.25, 0.3) is 0 Å². The third kappa shape index (κ3) is 3.38. The van der Waals surface area contributed by atoms with E-state index in [1.807, 2.05) is 31.2 Å². The lowest BCUT2D eigenvalue weighted by molar-refractivity contribution is -0.136. The molecule has 0 spiro atoms. The highest BCUT2D eigenvalue weighted by atomic mass is 35.5. The first-order valence-corrected chi connectivity index (χ1v) is 4.95. The van der Waals surface area contributed by atoms with Gasteiger partial charge in [0.25, 0.3) is 0 Å². The molecule has 1 unspecified atom stereocenters. The van der Waals surface area contributed by atoms with Gasteiger partial charge in [0, 0.05) is 0 Å². The van der Waals surface area contributed by atoms with Crippen LogP contribution in [-0.4, -0.2) is 16.5 Å². The molecule has 0 saturated carbocycles. The Morgan fingerprint density at radius 3 is 2.50 bits per heavy atom. The molecule has 0 bridgehead atoms. The second-order valence-corrected chi connectivity index (χ2v) is 3.86. The second kappa shape index (κ2) is 5.01. The Kier molecular flexibility index (Phi) is 3.96. The van der Waals surface area contributed by atoms with E-state index in [0.29, 0.717) is 12.8 Å². The molecule has 0 aromatic heterocycles. The summed E-state index contributed by atoms with van der Waals surface area (Å²) in [6.07, 6.45) is 1.18. The molecule has 2 nitrogen and oxygen atoms in total. The molecular weight excluding hydrogens is 200 g/mol. The van der Waals surface area contributed by atoms with E-state index in [1.165, 1.54) is 5.56 Å². The van der Waals surface area contributed by atoms with Gasteiger partial charge in [0.1, 0.15) is 5.38 Å². The van der Waals surface area contributed by atoms with E-state index >= 15 is 0 Å². The summed E-state index contributed by atoms with van der Waals surface area (Å²) in [5.41, 5.74) is 2.33. The quantitative estimate of drug-likeness (QED) is 0.780. The van der Waals surface area contributed by atoms with Crippen LogP contribution in [0.3, 0.4) is 0 Å². The average molecular weight is 213 g/mol. The first kappa shape index (κ1) is 11.1. The van der Waals surface area contributed by atoms with Gasteiger partial charge in [-0.2, -0.15) is 0 Å². The number of carboxylic acid groups (broad SMARTS) is 1. The van der Waals surface area contributed by atoms with Crippen LogP contribution in [-0.2, 0) is 11.2 Å². The van der Waals surface area contributed by atoms with E-state index in [-0.39, 0.29) is 0 Å². The lowest BCUT2D eigenvalue weighted by Crippen LogP contribution is -2.13. The van der Waals surface area contributed by atoms with Gasteiger partial charge in [-0.05, 0) is 25.3 Å². The highest BCUT2D eigenvalue weighted by molar-refractivity contribution is 6.29. The van der Waals surface area contributed by atoms with E-state index in [1.54, 1.807) is 0 Å². The van der Waals surface area contributed by atoms with Crippen molar-refractivity contribution in [2.75, 3.05) is 0 Å². The number of carboxylic acids is 1. The zero-order valence-corrected chi connectivity index (χ0v) is 8.79. The number of rotatable bonds is 4. The molecule has 0 fully saturated rings. The summed E-state index contributed by atoms with van der Waals surface area (Å²) < 4.78 is 0. The Bertz CT molecular complexity index is 306. The molecule has 1 rings (SSSR count). The third-order valence-electron chi connectivity index (χ3n) is 2.08. The zero-order valence-electron chi connectivity index (χ0n) is 8.03. The van der Waals surface area contributed by atoms with E-state index in [0.717, 1.165) is 5.56 Å². The predicted octanol–water partition coefficient (Wildman–Crippen LogP) is 2.62. The van der Waals surface area contributed by atoms with Gasteiger partial charge in [-0.25, -0.2) is 0 Å². The standard InChI is InChI=1S/C11H13ClO2/c1-8-2-4-9(5-3-8)6-7-10(12)11(13)14/h2-5,10H,6-7H2,1H3,(H,13,14). The Labute approximate surface area is 88.5 Å². The maximum absolute atomic E-state index is 10.4. The molecule has 0 amide bonds. The van der Waals surface area contributed by atoms with Crippen molar-refractivity contribution in [2.24, 2.45) is 0 Å². The lowest BCUT2D eigenvalue weighted by atomic mass is 10.1. The summed E-state index contributed by atoms with van der Waals surface area (Å²) in [4.78, 5) is 10.4. The van der Waals surface area contributed by atoms with Crippen LogP contribution in [0.15, 0.2) is 24.3 Å². The smallest absolute Gasteiger partial charge is 0.321 e. The number of hydrogen-bond acceptors (Lipinski definition) is 1. The van der Waals surface area contributed by atoms with Crippen LogP contribution in [0.1, 0.15) is 17.5 Å². The van der Waals surface area contributed by atoms with Crippen LogP contribution in [0.5, 0.6) is 0 Å². The molecule has 0 aliphatic carbocycles. The summed E-state index contributed by atoms with van der Waals surface area (Å²) in [6.45, 7) is 2.02. The van der Waals surface area contributed by atoms with Crippen molar-refractivity contribution in [2.45, 2.75) is 25.1 Å². The molecule has 76 valence electrons. The minimum atomic E-state index is -0.946. The molecule has 1 aromatic carbocycles. The maximum Gasteiger partial charge on any atom is 0.321 e. The normalized spacial score (nSPS) is 12.4. The number of aliphatic carboxylic acids is 1. The van der Waals surface area contributed by atoms with Crippen LogP contribution < -0.4 is 0 Å². The van der Waals surface area contributed by atoms with Crippen LogP contribution in [0.4, 0.5) is 0 Å². The van der Waals surface area contributed by atoms with E-state index in [4.69, 9.17) is 16.7 Å². The average Bonchev–Trinajstić information content (AvgIpc) is 2.16. The molecule has 1 atom stereocenters. The molecule has 1 aromatic rings. The summed E-state index contributed by atoms with van der Waals surface area (Å²) in [5.74, 6) is -0.946. The summed E-state index contributed by atoms with van der Waals surface area (Å²) in [5, 5.41) is 7.79. The van der Waals surface area contributed by atoms with Gasteiger partial charge in [0.05, 0.1) is 0 Å². The molecule has 0 heterocycles. The summed E-state index contributed by atoms with van der Waals surface area (Å²) in [6, 6.07) is 8.03. The van der Waals surface area contributed by atoms with Gasteiger partial charge in [-0.1, -0.05) is 29.8 Å². The van der Waals surface area contributed by atoms with Crippen molar-refractivity contribution in [3.63, 3.8) is 0 Å². The molecule has 0 aliphatic rings. The highest BCUT2D eigenvalue weighted by Crippen LogP contribution is 2.10. The van der Waals surface area contributed by atoms with Crippen molar-refractivity contribution >= 4 is 17.6 Å². The molecular formula is C11H13ClO2. The van der Waals surface area contributed by atoms with Crippen LogP contribution >= 0.6 is 11.6 Å². The summed E-state index contributed by atoms with van der Waals surface area (Å²) in [7, 11) is 0. The number of carbonyl (C=O) groups is 1. The third-order valence-corrected chi connectivity index (χ3v) is 2.48. The van der Waals surface area contributed by atoms with Gasteiger partial charge in [-0.3, -0.25) is 4.79 Å². The molecule has 3 heteroatoms. The monoisotopic (exact) mass is 212 g/mol. The first-order valence-electron chi connectivity index (χ1n) is 4.52. The largest absolute Gasteiger partial charge is 0.480 e.